The van der Waals surface area contributed by atoms with E-state index < -0.39 is 22.7 Å². The highest BCUT2D eigenvalue weighted by Gasteiger charge is 2.60. The minimum Gasteiger partial charge on any atom is -0.489 e. The minimum atomic E-state index is -1.12. The Kier molecular flexibility index (Phi) is 8.79. The highest BCUT2D eigenvalue weighted by molar-refractivity contribution is 8.07. The summed E-state index contributed by atoms with van der Waals surface area (Å²) in [6.07, 6.45) is 5.24. The molecule has 19 heteroatoms. The van der Waals surface area contributed by atoms with Gasteiger partial charge in [0.1, 0.15) is 52.0 Å². The molecule has 3 aliphatic rings. The zero-order chi connectivity index (χ0) is 40.6. The number of aromatic carboxylic acids is 2. The predicted octanol–water partition coefficient (Wildman–Crippen LogP) is 5.47. The van der Waals surface area contributed by atoms with Gasteiger partial charge in [-0.25, -0.2) is 19.6 Å². The fraction of sp³-hybridized carbons (Fsp3) is 0.333. The summed E-state index contributed by atoms with van der Waals surface area (Å²) < 4.78 is 19.4. The standard InChI is InChI=1S/C39H38N10O8S/c1-5-46-26(11-19(3)44-46)33(50)42-37-40-24-13-21(35(52)53)15-28-31(24)48(37)23(17-56-28)9-7-8-10-30-39(58-30)18-57-29-16-22(36(54)55)14-25-32(29)49(39)38(41-25)43-34(51)27-12-20(4)45-47(27)6-2/h7-8,11-16,23,30H,5-6,9-10,17-18H2,1-4H3,(H,52,53)(H,54,55)(H,40,42,50)(H,41,43,51)/b8-7+/t23-,30?,39+/m0/s1. The summed E-state index contributed by atoms with van der Waals surface area (Å²) in [5.74, 6) is -1.72. The number of fused-ring (bicyclic) bond motifs is 1. The van der Waals surface area contributed by atoms with Crippen LogP contribution in [0.1, 0.15) is 85.8 Å². The van der Waals surface area contributed by atoms with Crippen molar-refractivity contribution in [3.8, 4) is 11.5 Å². The Morgan fingerprint density at radius 2 is 1.34 bits per heavy atom. The Bertz CT molecular complexity index is 2760. The van der Waals surface area contributed by atoms with Gasteiger partial charge in [-0.15, -0.1) is 11.8 Å². The molecule has 3 atom stereocenters. The van der Waals surface area contributed by atoms with Crippen LogP contribution in [0, 0.1) is 13.8 Å². The highest BCUT2D eigenvalue weighted by atomic mass is 32.2. The zero-order valence-corrected chi connectivity index (χ0v) is 32.7. The van der Waals surface area contributed by atoms with E-state index in [9.17, 15) is 29.4 Å². The number of carboxylic acid groups (broad SMARTS) is 2. The molecule has 4 N–H and O–H groups in total. The maximum Gasteiger partial charge on any atom is 0.335 e. The number of aromatic nitrogens is 8. The number of anilines is 2. The quantitative estimate of drug-likeness (QED) is 0.0891. The number of imidazole rings is 2. The van der Waals surface area contributed by atoms with E-state index in [-0.39, 0.29) is 53.4 Å². The monoisotopic (exact) mass is 806 g/mol. The van der Waals surface area contributed by atoms with Crippen molar-refractivity contribution in [3.05, 3.63) is 82.5 Å². The second kappa shape index (κ2) is 13.8. The first-order valence-corrected chi connectivity index (χ1v) is 19.7. The highest BCUT2D eigenvalue weighted by Crippen LogP contribution is 2.63. The molecule has 298 valence electrons. The van der Waals surface area contributed by atoms with Crippen molar-refractivity contribution in [2.24, 2.45) is 0 Å². The largest absolute Gasteiger partial charge is 0.489 e. The van der Waals surface area contributed by atoms with Crippen molar-refractivity contribution in [2.75, 3.05) is 23.8 Å². The van der Waals surface area contributed by atoms with Crippen LogP contribution in [0.2, 0.25) is 0 Å². The number of hydrogen-bond acceptors (Lipinski definition) is 11. The van der Waals surface area contributed by atoms with E-state index >= 15 is 0 Å². The number of benzene rings is 2. The number of nitrogens with zero attached hydrogens (tertiary/aromatic N) is 8. The zero-order valence-electron chi connectivity index (χ0n) is 31.8. The van der Waals surface area contributed by atoms with E-state index in [4.69, 9.17) is 14.5 Å². The maximum atomic E-state index is 13.6. The van der Waals surface area contributed by atoms with Gasteiger partial charge in [-0.1, -0.05) is 12.2 Å². The molecule has 2 aromatic carbocycles. The summed E-state index contributed by atoms with van der Waals surface area (Å²) in [6, 6.07) is 9.02. The number of carbonyl (C=O) groups is 4. The van der Waals surface area contributed by atoms with Crippen LogP contribution in [0.3, 0.4) is 0 Å². The van der Waals surface area contributed by atoms with E-state index in [0.29, 0.717) is 82.3 Å². The van der Waals surface area contributed by atoms with Crippen molar-refractivity contribution in [2.45, 2.75) is 69.8 Å². The molecule has 0 bridgehead atoms. The molecule has 1 fully saturated rings. The van der Waals surface area contributed by atoms with E-state index in [1.165, 1.54) is 24.3 Å². The lowest BCUT2D eigenvalue weighted by Crippen LogP contribution is -2.34. The van der Waals surface area contributed by atoms with Crippen LogP contribution < -0.4 is 20.1 Å². The number of carbonyl (C=O) groups excluding carboxylic acids is 2. The van der Waals surface area contributed by atoms with E-state index in [2.05, 4.69) is 31.9 Å². The Labute approximate surface area is 333 Å². The molecule has 1 unspecified atom stereocenters. The third-order valence-electron chi connectivity index (χ3n) is 10.6. The molecular weight excluding hydrogens is 769 g/mol. The van der Waals surface area contributed by atoms with Gasteiger partial charge in [0.05, 0.1) is 39.6 Å². The summed E-state index contributed by atoms with van der Waals surface area (Å²) in [5, 5.41) is 34.3. The molecule has 0 saturated carbocycles. The molecule has 7 heterocycles. The van der Waals surface area contributed by atoms with Crippen LogP contribution in [-0.2, 0) is 18.0 Å². The van der Waals surface area contributed by atoms with E-state index in [1.807, 2.05) is 42.9 Å². The second-order valence-electron chi connectivity index (χ2n) is 14.4. The summed E-state index contributed by atoms with van der Waals surface area (Å²) in [7, 11) is 0. The molecular formula is C39H38N10O8S. The molecule has 4 aromatic heterocycles. The third-order valence-corrected chi connectivity index (χ3v) is 12.2. The molecule has 58 heavy (non-hydrogen) atoms. The summed E-state index contributed by atoms with van der Waals surface area (Å²) in [5.41, 5.74) is 4.18. The number of aryl methyl sites for hydroxylation is 4. The molecule has 2 amide bonds. The number of nitrogens with one attached hydrogen (secondary N) is 2. The van der Waals surface area contributed by atoms with Crippen LogP contribution in [0.4, 0.5) is 11.9 Å². The molecule has 1 spiro atoms. The minimum absolute atomic E-state index is 0.0203. The fourth-order valence-corrected chi connectivity index (χ4v) is 9.23. The lowest BCUT2D eigenvalue weighted by Gasteiger charge is -2.27. The Hall–Kier alpha value is -6.63. The number of thioether (sulfide) groups is 1. The van der Waals surface area contributed by atoms with Crippen LogP contribution in [-0.4, -0.2) is 91.1 Å². The Morgan fingerprint density at radius 1 is 0.793 bits per heavy atom. The SMILES string of the molecule is CCn1nc(C)cc1C(=O)Nc1nc2cc(C(=O)O)cc3c2n1[C@@H](C/C=C/CC1S[C@]12COc1cc(C(=O)O)cc4nc(NC(=O)c5cc(C)nn5CC)n2c14)CO3. The second-order valence-corrected chi connectivity index (χ2v) is 15.9. The van der Waals surface area contributed by atoms with Crippen molar-refractivity contribution in [1.82, 2.24) is 38.7 Å². The Morgan fingerprint density at radius 3 is 1.95 bits per heavy atom. The van der Waals surface area contributed by atoms with Crippen molar-refractivity contribution in [3.63, 3.8) is 0 Å². The smallest absolute Gasteiger partial charge is 0.335 e. The number of hydrogen-bond donors (Lipinski definition) is 4. The number of carboxylic acids is 2. The summed E-state index contributed by atoms with van der Waals surface area (Å²) in [6.45, 7) is 8.86. The molecule has 9 rings (SSSR count). The lowest BCUT2D eigenvalue weighted by atomic mass is 10.1. The van der Waals surface area contributed by atoms with Gasteiger partial charge < -0.3 is 19.7 Å². The first kappa shape index (κ1) is 37.0. The van der Waals surface area contributed by atoms with Gasteiger partial charge in [0.15, 0.2) is 0 Å². The fourth-order valence-electron chi connectivity index (χ4n) is 7.92. The van der Waals surface area contributed by atoms with Gasteiger partial charge in [0.2, 0.25) is 11.9 Å². The summed E-state index contributed by atoms with van der Waals surface area (Å²) >= 11 is 1.67. The number of allylic oxidation sites excluding steroid dienone is 2. The first-order valence-electron chi connectivity index (χ1n) is 18.8. The molecule has 0 radical (unpaired) electrons. The van der Waals surface area contributed by atoms with Crippen molar-refractivity contribution in [1.29, 1.82) is 0 Å². The van der Waals surface area contributed by atoms with Gasteiger partial charge in [0, 0.05) is 18.3 Å². The van der Waals surface area contributed by atoms with E-state index in [0.717, 1.165) is 0 Å². The molecule has 0 aliphatic carbocycles. The number of rotatable bonds is 12. The predicted molar refractivity (Wildman–Crippen MR) is 212 cm³/mol. The van der Waals surface area contributed by atoms with Gasteiger partial charge in [-0.2, -0.15) is 10.2 Å². The average Bonchev–Trinajstić information content (AvgIpc) is 3.61. The average molecular weight is 807 g/mol. The first-order chi connectivity index (χ1) is 27.9. The van der Waals surface area contributed by atoms with Crippen molar-refractivity contribution < 1.29 is 38.9 Å². The summed E-state index contributed by atoms with van der Waals surface area (Å²) in [4.78, 5) is 59.8. The van der Waals surface area contributed by atoms with Crippen LogP contribution >= 0.6 is 11.8 Å². The van der Waals surface area contributed by atoms with Gasteiger partial charge in [0.25, 0.3) is 11.8 Å². The van der Waals surface area contributed by atoms with Crippen LogP contribution in [0.5, 0.6) is 11.5 Å². The Balaban J connectivity index is 0.986. The third kappa shape index (κ3) is 6.03. The van der Waals surface area contributed by atoms with E-state index in [1.54, 1.807) is 33.3 Å². The normalized spacial score (nSPS) is 19.1. The van der Waals surface area contributed by atoms with Gasteiger partial charge in [-0.05, 0) is 76.9 Å². The maximum absolute atomic E-state index is 13.6. The van der Waals surface area contributed by atoms with Crippen LogP contribution in [0.25, 0.3) is 22.1 Å². The lowest BCUT2D eigenvalue weighted by molar-refractivity contribution is 0.0685. The van der Waals surface area contributed by atoms with Crippen molar-refractivity contribution >= 4 is 69.5 Å². The van der Waals surface area contributed by atoms with Crippen LogP contribution in [0.15, 0.2) is 48.6 Å². The molecule has 3 aliphatic heterocycles. The van der Waals surface area contributed by atoms with Gasteiger partial charge in [-0.3, -0.25) is 38.7 Å². The molecule has 18 nitrogen and oxygen atoms in total. The number of ether oxygens (including phenoxy) is 2. The molecule has 1 saturated heterocycles. The number of amides is 2. The topological polar surface area (TPSA) is 223 Å². The molecule has 6 aromatic rings. The van der Waals surface area contributed by atoms with Gasteiger partial charge >= 0.3 is 11.9 Å².